The second kappa shape index (κ2) is 3.60. The molecule has 0 saturated carbocycles. The molecule has 0 radical (unpaired) electrons. The second-order valence-corrected chi connectivity index (χ2v) is 4.56. The van der Waals surface area contributed by atoms with E-state index >= 15 is 0 Å². The lowest BCUT2D eigenvalue weighted by molar-refractivity contribution is -0.127. The van der Waals surface area contributed by atoms with E-state index in [1.807, 2.05) is 0 Å². The molecule has 1 heterocycles. The fraction of sp³-hybridized carbons (Fsp3) is 0.833. The zero-order valence-electron chi connectivity index (χ0n) is 7.01. The Morgan fingerprint density at radius 2 is 2.23 bits per heavy atom. The zero-order valence-corrected chi connectivity index (χ0v) is 7.83. The van der Waals surface area contributed by atoms with E-state index in [4.69, 9.17) is 10.3 Å². The van der Waals surface area contributed by atoms with E-state index in [0.29, 0.717) is 13.1 Å². The minimum atomic E-state index is -4.11. The summed E-state index contributed by atoms with van der Waals surface area (Å²) in [6.45, 7) is 0.669. The topological polar surface area (TPSA) is 101 Å². The summed E-state index contributed by atoms with van der Waals surface area (Å²) in [5, 5.41) is 0. The number of hydrogen-bond donors (Lipinski definition) is 2. The van der Waals surface area contributed by atoms with Crippen molar-refractivity contribution in [2.45, 2.75) is 6.42 Å². The highest BCUT2D eigenvalue weighted by Crippen LogP contribution is 2.16. The molecule has 1 amide bonds. The maximum absolute atomic E-state index is 11.1. The first kappa shape index (κ1) is 10.4. The third kappa shape index (κ3) is 2.94. The molecule has 3 N–H and O–H groups in total. The molecular formula is C6H12N2O4S. The fourth-order valence-corrected chi connectivity index (χ4v) is 1.98. The Morgan fingerprint density at radius 1 is 1.62 bits per heavy atom. The second-order valence-electron chi connectivity index (χ2n) is 3.13. The molecule has 1 unspecified atom stereocenters. The van der Waals surface area contributed by atoms with Crippen molar-refractivity contribution >= 4 is 16.0 Å². The summed E-state index contributed by atoms with van der Waals surface area (Å²) in [6.07, 6.45) is 0.270. The van der Waals surface area contributed by atoms with Crippen molar-refractivity contribution in [3.05, 3.63) is 0 Å². The van der Waals surface area contributed by atoms with Gasteiger partial charge >= 0.3 is 0 Å². The van der Waals surface area contributed by atoms with Crippen LogP contribution in [-0.2, 0) is 14.9 Å². The number of rotatable bonds is 3. The van der Waals surface area contributed by atoms with Gasteiger partial charge in [-0.2, -0.15) is 8.42 Å². The Hall–Kier alpha value is -0.660. The van der Waals surface area contributed by atoms with Crippen LogP contribution >= 0.6 is 0 Å². The van der Waals surface area contributed by atoms with Crippen molar-refractivity contribution in [2.24, 2.45) is 11.7 Å². The van der Waals surface area contributed by atoms with Crippen LogP contribution in [0, 0.1) is 5.92 Å². The minimum Gasteiger partial charge on any atom is -0.330 e. The Morgan fingerprint density at radius 3 is 2.62 bits per heavy atom. The van der Waals surface area contributed by atoms with Crippen LogP contribution in [0.5, 0.6) is 0 Å². The molecule has 1 fully saturated rings. The lowest BCUT2D eigenvalue weighted by atomic mass is 10.1. The van der Waals surface area contributed by atoms with E-state index in [0.717, 1.165) is 4.90 Å². The van der Waals surface area contributed by atoms with E-state index in [-0.39, 0.29) is 18.2 Å². The summed E-state index contributed by atoms with van der Waals surface area (Å²) in [4.78, 5) is 12.2. The summed E-state index contributed by atoms with van der Waals surface area (Å²) >= 11 is 0. The molecule has 0 bridgehead atoms. The Bertz CT molecular complexity index is 300. The molecule has 1 atom stereocenters. The molecule has 0 spiro atoms. The highest BCUT2D eigenvalue weighted by molar-refractivity contribution is 7.85. The Kier molecular flexibility index (Phi) is 2.89. The third-order valence-corrected chi connectivity index (χ3v) is 2.58. The lowest BCUT2D eigenvalue weighted by Crippen LogP contribution is -2.31. The van der Waals surface area contributed by atoms with Gasteiger partial charge in [0.25, 0.3) is 10.1 Å². The highest BCUT2D eigenvalue weighted by Gasteiger charge is 2.30. The summed E-state index contributed by atoms with van der Waals surface area (Å²) < 4.78 is 29.4. The number of nitrogens with zero attached hydrogens (tertiary/aromatic N) is 1. The van der Waals surface area contributed by atoms with Crippen molar-refractivity contribution in [1.82, 2.24) is 4.90 Å². The van der Waals surface area contributed by atoms with Crippen LogP contribution < -0.4 is 5.73 Å². The smallest absolute Gasteiger partial charge is 0.283 e. The Labute approximate surface area is 76.4 Å². The van der Waals surface area contributed by atoms with Crippen LogP contribution in [0.15, 0.2) is 0 Å². The molecular weight excluding hydrogens is 196 g/mol. The third-order valence-electron chi connectivity index (χ3n) is 1.95. The van der Waals surface area contributed by atoms with Gasteiger partial charge in [-0.25, -0.2) is 0 Å². The van der Waals surface area contributed by atoms with E-state index in [1.165, 1.54) is 0 Å². The maximum Gasteiger partial charge on any atom is 0.283 e. The molecule has 6 nitrogen and oxygen atoms in total. The molecule has 7 heteroatoms. The van der Waals surface area contributed by atoms with Gasteiger partial charge in [-0.3, -0.25) is 9.35 Å². The highest BCUT2D eigenvalue weighted by atomic mass is 32.2. The van der Waals surface area contributed by atoms with Crippen molar-refractivity contribution < 1.29 is 17.8 Å². The molecule has 0 aromatic rings. The molecule has 1 aliphatic heterocycles. The molecule has 1 rings (SSSR count). The molecule has 76 valence electrons. The summed E-state index contributed by atoms with van der Waals surface area (Å²) in [6, 6.07) is 0. The summed E-state index contributed by atoms with van der Waals surface area (Å²) in [5.74, 6) is -0.884. The first-order valence-corrected chi connectivity index (χ1v) is 5.46. The first-order chi connectivity index (χ1) is 5.92. The predicted octanol–water partition coefficient (Wildman–Crippen LogP) is -1.36. The van der Waals surface area contributed by atoms with E-state index in [2.05, 4.69) is 0 Å². The molecule has 0 aromatic heterocycles. The average molecular weight is 208 g/mol. The molecule has 0 aliphatic carbocycles. The van der Waals surface area contributed by atoms with Crippen molar-refractivity contribution in [2.75, 3.05) is 19.0 Å². The number of carbonyl (C=O) groups excluding carboxylic acids is 1. The number of hydrogen-bond acceptors (Lipinski definition) is 4. The van der Waals surface area contributed by atoms with Crippen LogP contribution in [0.25, 0.3) is 0 Å². The monoisotopic (exact) mass is 208 g/mol. The van der Waals surface area contributed by atoms with E-state index in [1.54, 1.807) is 0 Å². The quantitative estimate of drug-likeness (QED) is 0.558. The van der Waals surface area contributed by atoms with Gasteiger partial charge in [-0.05, 0) is 12.5 Å². The average Bonchev–Trinajstić information content (AvgIpc) is 2.29. The SMILES string of the molecule is NCC1CC(=O)N(CS(=O)(=O)O)C1. The normalized spacial score (nSPS) is 24.0. The molecule has 1 saturated heterocycles. The first-order valence-electron chi connectivity index (χ1n) is 3.85. The zero-order chi connectivity index (χ0) is 10.1. The van der Waals surface area contributed by atoms with Crippen LogP contribution in [0.3, 0.4) is 0 Å². The largest absolute Gasteiger partial charge is 0.330 e. The van der Waals surface area contributed by atoms with Crippen LogP contribution in [0.2, 0.25) is 0 Å². The standard InChI is InChI=1S/C6H12N2O4S/c7-2-5-1-6(9)8(3-5)4-13(10,11)12/h5H,1-4,7H2,(H,10,11,12). The van der Waals surface area contributed by atoms with Gasteiger partial charge in [0.15, 0.2) is 0 Å². The van der Waals surface area contributed by atoms with E-state index in [9.17, 15) is 13.2 Å². The molecule has 0 aromatic carbocycles. The predicted molar refractivity (Wildman–Crippen MR) is 45.3 cm³/mol. The Balaban J connectivity index is 2.59. The minimum absolute atomic E-state index is 0.00856. The van der Waals surface area contributed by atoms with Crippen LogP contribution in [-0.4, -0.2) is 42.7 Å². The fourth-order valence-electron chi connectivity index (χ4n) is 1.33. The van der Waals surface area contributed by atoms with Crippen molar-refractivity contribution in [3.8, 4) is 0 Å². The van der Waals surface area contributed by atoms with Gasteiger partial charge in [0.1, 0.15) is 5.88 Å². The van der Waals surface area contributed by atoms with Crippen molar-refractivity contribution in [1.29, 1.82) is 0 Å². The molecule has 13 heavy (non-hydrogen) atoms. The van der Waals surface area contributed by atoms with Crippen molar-refractivity contribution in [3.63, 3.8) is 0 Å². The summed E-state index contributed by atoms with van der Waals surface area (Å²) in [5.41, 5.74) is 5.33. The van der Waals surface area contributed by atoms with Gasteiger partial charge in [0, 0.05) is 13.0 Å². The van der Waals surface area contributed by atoms with Gasteiger partial charge < -0.3 is 10.6 Å². The molecule has 1 aliphatic rings. The van der Waals surface area contributed by atoms with Gasteiger partial charge in [-0.15, -0.1) is 0 Å². The number of likely N-dealkylation sites (tertiary alicyclic amines) is 1. The van der Waals surface area contributed by atoms with Crippen LogP contribution in [0.1, 0.15) is 6.42 Å². The van der Waals surface area contributed by atoms with Crippen LogP contribution in [0.4, 0.5) is 0 Å². The van der Waals surface area contributed by atoms with Gasteiger partial charge in [-0.1, -0.05) is 0 Å². The van der Waals surface area contributed by atoms with Gasteiger partial charge in [0.2, 0.25) is 5.91 Å². The van der Waals surface area contributed by atoms with E-state index < -0.39 is 16.0 Å². The lowest BCUT2D eigenvalue weighted by Gasteiger charge is -2.13. The maximum atomic E-state index is 11.1. The van der Waals surface area contributed by atoms with Gasteiger partial charge in [0.05, 0.1) is 0 Å². The number of nitrogens with two attached hydrogens (primary N) is 1. The number of carbonyl (C=O) groups is 1. The summed E-state index contributed by atoms with van der Waals surface area (Å²) in [7, 11) is -4.11. The number of amides is 1.